The van der Waals surface area contributed by atoms with Gasteiger partial charge in [-0.1, -0.05) is 0 Å². The summed E-state index contributed by atoms with van der Waals surface area (Å²) in [4.78, 5) is 24.6. The molecule has 1 heterocycles. The lowest BCUT2D eigenvalue weighted by atomic mass is 10.1. The number of nitrogens with zero attached hydrogens (tertiary/aromatic N) is 1. The lowest BCUT2D eigenvalue weighted by Crippen LogP contribution is -2.47. The Morgan fingerprint density at radius 3 is 2.61 bits per heavy atom. The van der Waals surface area contributed by atoms with Gasteiger partial charge in [0.15, 0.2) is 18.2 Å². The SMILES string of the molecule is NC(=O)CN1CCC(NC(=O)COc2ccc(F)cc2F)CC1. The van der Waals surface area contributed by atoms with Crippen molar-refractivity contribution in [3.05, 3.63) is 29.8 Å². The van der Waals surface area contributed by atoms with Crippen LogP contribution in [0, 0.1) is 11.6 Å². The Balaban J connectivity index is 1.72. The van der Waals surface area contributed by atoms with Crippen molar-refractivity contribution in [3.8, 4) is 5.75 Å². The number of carbonyl (C=O) groups excluding carboxylic acids is 2. The molecule has 1 aromatic rings. The van der Waals surface area contributed by atoms with Crippen LogP contribution in [0.2, 0.25) is 0 Å². The summed E-state index contributed by atoms with van der Waals surface area (Å²) in [5.41, 5.74) is 5.13. The monoisotopic (exact) mass is 327 g/mol. The Morgan fingerprint density at radius 2 is 2.00 bits per heavy atom. The maximum absolute atomic E-state index is 13.4. The predicted octanol–water partition coefficient (Wildman–Crippen LogP) is 0.409. The molecular weight excluding hydrogens is 308 g/mol. The second kappa shape index (κ2) is 7.87. The van der Waals surface area contributed by atoms with Crippen LogP contribution in [-0.4, -0.2) is 49.0 Å². The number of ether oxygens (including phenoxy) is 1. The molecular formula is C15H19F2N3O3. The zero-order chi connectivity index (χ0) is 16.8. The van der Waals surface area contributed by atoms with Gasteiger partial charge in [-0.3, -0.25) is 14.5 Å². The van der Waals surface area contributed by atoms with Crippen molar-refractivity contribution in [2.45, 2.75) is 18.9 Å². The molecule has 1 aromatic carbocycles. The van der Waals surface area contributed by atoms with E-state index in [1.54, 1.807) is 0 Å². The summed E-state index contributed by atoms with van der Waals surface area (Å²) in [6, 6.07) is 2.88. The largest absolute Gasteiger partial charge is 0.481 e. The van der Waals surface area contributed by atoms with Crippen molar-refractivity contribution in [1.82, 2.24) is 10.2 Å². The van der Waals surface area contributed by atoms with Gasteiger partial charge in [0.2, 0.25) is 5.91 Å². The van der Waals surface area contributed by atoms with Crippen LogP contribution >= 0.6 is 0 Å². The Kier molecular flexibility index (Phi) is 5.86. The quantitative estimate of drug-likeness (QED) is 0.792. The molecule has 6 nitrogen and oxygen atoms in total. The molecule has 0 radical (unpaired) electrons. The number of hydrogen-bond donors (Lipinski definition) is 2. The standard InChI is InChI=1S/C15H19F2N3O3/c16-10-1-2-13(12(17)7-10)23-9-15(22)19-11-3-5-20(6-4-11)8-14(18)21/h1-2,7,11H,3-6,8-9H2,(H2,18,21)(H,19,22). The molecule has 1 aliphatic rings. The first-order valence-corrected chi connectivity index (χ1v) is 7.32. The number of nitrogens with two attached hydrogens (primary N) is 1. The highest BCUT2D eigenvalue weighted by atomic mass is 19.1. The van der Waals surface area contributed by atoms with Crippen LogP contribution in [0.3, 0.4) is 0 Å². The maximum Gasteiger partial charge on any atom is 0.258 e. The van der Waals surface area contributed by atoms with E-state index in [-0.39, 0.29) is 36.8 Å². The second-order valence-electron chi connectivity index (χ2n) is 5.45. The molecule has 0 saturated carbocycles. The first-order chi connectivity index (χ1) is 10.9. The number of hydrogen-bond acceptors (Lipinski definition) is 4. The molecule has 0 spiro atoms. The van der Waals surface area contributed by atoms with Crippen molar-refractivity contribution < 1.29 is 23.1 Å². The number of piperidine rings is 1. The molecule has 23 heavy (non-hydrogen) atoms. The number of nitrogens with one attached hydrogen (secondary N) is 1. The van der Waals surface area contributed by atoms with Crippen LogP contribution < -0.4 is 15.8 Å². The van der Waals surface area contributed by atoms with Gasteiger partial charge >= 0.3 is 0 Å². The van der Waals surface area contributed by atoms with Crippen LogP contribution in [0.5, 0.6) is 5.75 Å². The second-order valence-corrected chi connectivity index (χ2v) is 5.45. The van der Waals surface area contributed by atoms with Crippen molar-refractivity contribution in [1.29, 1.82) is 0 Å². The van der Waals surface area contributed by atoms with Crippen LogP contribution in [0.15, 0.2) is 18.2 Å². The van der Waals surface area contributed by atoms with Crippen molar-refractivity contribution in [2.24, 2.45) is 5.73 Å². The van der Waals surface area contributed by atoms with Crippen molar-refractivity contribution in [2.75, 3.05) is 26.2 Å². The van der Waals surface area contributed by atoms with E-state index >= 15 is 0 Å². The summed E-state index contributed by atoms with van der Waals surface area (Å²) in [6.07, 6.45) is 1.40. The fraction of sp³-hybridized carbons (Fsp3) is 0.467. The van der Waals surface area contributed by atoms with E-state index in [9.17, 15) is 18.4 Å². The third kappa shape index (κ3) is 5.48. The number of halogens is 2. The van der Waals surface area contributed by atoms with E-state index in [0.717, 1.165) is 12.1 Å². The zero-order valence-corrected chi connectivity index (χ0v) is 12.6. The molecule has 0 atom stereocenters. The Hall–Kier alpha value is -2.22. The third-order valence-electron chi connectivity index (χ3n) is 3.58. The molecule has 1 saturated heterocycles. The Morgan fingerprint density at radius 1 is 1.30 bits per heavy atom. The van der Waals surface area contributed by atoms with Gasteiger partial charge in [-0.25, -0.2) is 8.78 Å². The van der Waals surface area contributed by atoms with E-state index in [4.69, 9.17) is 10.5 Å². The molecule has 3 N–H and O–H groups in total. The predicted molar refractivity (Wildman–Crippen MR) is 78.7 cm³/mol. The average molecular weight is 327 g/mol. The minimum Gasteiger partial charge on any atom is -0.481 e. The third-order valence-corrected chi connectivity index (χ3v) is 3.58. The molecule has 126 valence electrons. The van der Waals surface area contributed by atoms with E-state index in [2.05, 4.69) is 5.32 Å². The van der Waals surface area contributed by atoms with Crippen LogP contribution in [0.4, 0.5) is 8.78 Å². The normalized spacial score (nSPS) is 16.1. The summed E-state index contributed by atoms with van der Waals surface area (Å²) in [7, 11) is 0. The van der Waals surface area contributed by atoms with Crippen molar-refractivity contribution >= 4 is 11.8 Å². The van der Waals surface area contributed by atoms with Gasteiger partial charge in [0, 0.05) is 25.2 Å². The number of primary amides is 1. The van der Waals surface area contributed by atoms with Crippen molar-refractivity contribution in [3.63, 3.8) is 0 Å². The highest BCUT2D eigenvalue weighted by molar-refractivity contribution is 5.78. The molecule has 1 fully saturated rings. The number of carbonyl (C=O) groups is 2. The van der Waals surface area contributed by atoms with E-state index < -0.39 is 11.6 Å². The topological polar surface area (TPSA) is 84.7 Å². The fourth-order valence-electron chi connectivity index (χ4n) is 2.46. The highest BCUT2D eigenvalue weighted by Gasteiger charge is 2.21. The van der Waals surface area contributed by atoms with E-state index in [1.807, 2.05) is 4.90 Å². The van der Waals surface area contributed by atoms with Gasteiger partial charge in [-0.05, 0) is 25.0 Å². The van der Waals surface area contributed by atoms with E-state index in [0.29, 0.717) is 32.0 Å². The molecule has 2 amide bonds. The molecule has 0 unspecified atom stereocenters. The summed E-state index contributed by atoms with van der Waals surface area (Å²) >= 11 is 0. The number of amides is 2. The maximum atomic E-state index is 13.4. The average Bonchev–Trinajstić information content (AvgIpc) is 2.48. The van der Waals surface area contributed by atoms with Gasteiger partial charge in [0.25, 0.3) is 5.91 Å². The summed E-state index contributed by atoms with van der Waals surface area (Å²) < 4.78 is 31.2. The molecule has 8 heteroatoms. The molecule has 1 aliphatic heterocycles. The van der Waals surface area contributed by atoms with E-state index in [1.165, 1.54) is 0 Å². The van der Waals surface area contributed by atoms with Crippen LogP contribution in [0.25, 0.3) is 0 Å². The van der Waals surface area contributed by atoms with Crippen LogP contribution in [-0.2, 0) is 9.59 Å². The van der Waals surface area contributed by atoms with Gasteiger partial charge < -0.3 is 15.8 Å². The Bertz CT molecular complexity index is 575. The van der Waals surface area contributed by atoms with Gasteiger partial charge in [-0.15, -0.1) is 0 Å². The number of benzene rings is 1. The smallest absolute Gasteiger partial charge is 0.258 e. The summed E-state index contributed by atoms with van der Waals surface area (Å²) in [6.45, 7) is 1.21. The van der Waals surface area contributed by atoms with Gasteiger partial charge in [0.05, 0.1) is 6.54 Å². The molecule has 0 aromatic heterocycles. The number of rotatable bonds is 6. The van der Waals surface area contributed by atoms with Gasteiger partial charge in [0.1, 0.15) is 5.82 Å². The minimum atomic E-state index is -0.849. The zero-order valence-electron chi connectivity index (χ0n) is 12.6. The molecule has 2 rings (SSSR count). The molecule has 0 aliphatic carbocycles. The first-order valence-electron chi connectivity index (χ1n) is 7.32. The number of likely N-dealkylation sites (tertiary alicyclic amines) is 1. The minimum absolute atomic E-state index is 0.0201. The summed E-state index contributed by atoms with van der Waals surface area (Å²) in [5, 5.41) is 2.79. The molecule has 0 bridgehead atoms. The first kappa shape index (κ1) is 17.1. The Labute approximate surface area is 132 Å². The lowest BCUT2D eigenvalue weighted by molar-refractivity contribution is -0.124. The van der Waals surface area contributed by atoms with Crippen LogP contribution in [0.1, 0.15) is 12.8 Å². The highest BCUT2D eigenvalue weighted by Crippen LogP contribution is 2.17. The van der Waals surface area contributed by atoms with Gasteiger partial charge in [-0.2, -0.15) is 0 Å². The summed E-state index contributed by atoms with van der Waals surface area (Å²) in [5.74, 6) is -2.47. The lowest BCUT2D eigenvalue weighted by Gasteiger charge is -2.31. The fourth-order valence-corrected chi connectivity index (χ4v) is 2.46.